The fraction of sp³-hybridized carbons (Fsp3) is 1.00. The highest BCUT2D eigenvalue weighted by Crippen LogP contribution is 1.89. The van der Waals surface area contributed by atoms with Gasteiger partial charge in [0.2, 0.25) is 0 Å². The highest BCUT2D eigenvalue weighted by molar-refractivity contribution is 4.64. The third-order valence-electron chi connectivity index (χ3n) is 1.53. The second-order valence-electron chi connectivity index (χ2n) is 2.98. The first kappa shape index (κ1) is 10.9. The van der Waals surface area contributed by atoms with Crippen molar-refractivity contribution in [1.82, 2.24) is 4.90 Å². The van der Waals surface area contributed by atoms with Gasteiger partial charge in [-0.3, -0.25) is 0 Å². The molecule has 0 aromatic carbocycles. The topological polar surface area (TPSA) is 38.5 Å². The van der Waals surface area contributed by atoms with Gasteiger partial charge in [0.15, 0.2) is 0 Å². The summed E-state index contributed by atoms with van der Waals surface area (Å²) < 4.78 is 4.93. The first-order chi connectivity index (χ1) is 5.20. The standard InChI is InChI=1S/C8H20N2O/c1-4-5-10(2)6-8(9)7-11-3/h8H,4-7,9H2,1-3H3. The van der Waals surface area contributed by atoms with E-state index in [0.29, 0.717) is 6.61 Å². The van der Waals surface area contributed by atoms with Crippen molar-refractivity contribution in [2.24, 2.45) is 5.73 Å². The summed E-state index contributed by atoms with van der Waals surface area (Å²) in [6.45, 7) is 4.84. The Morgan fingerprint density at radius 3 is 2.64 bits per heavy atom. The second-order valence-corrected chi connectivity index (χ2v) is 2.98. The van der Waals surface area contributed by atoms with Gasteiger partial charge in [-0.05, 0) is 20.0 Å². The fourth-order valence-electron chi connectivity index (χ4n) is 1.14. The number of nitrogens with zero attached hydrogens (tertiary/aromatic N) is 1. The van der Waals surface area contributed by atoms with E-state index < -0.39 is 0 Å². The minimum absolute atomic E-state index is 0.150. The molecule has 0 fully saturated rings. The van der Waals surface area contributed by atoms with Gasteiger partial charge in [0, 0.05) is 19.7 Å². The third-order valence-corrected chi connectivity index (χ3v) is 1.53. The molecule has 0 aromatic heterocycles. The highest BCUT2D eigenvalue weighted by atomic mass is 16.5. The highest BCUT2D eigenvalue weighted by Gasteiger charge is 2.04. The van der Waals surface area contributed by atoms with Crippen LogP contribution in [0, 0.1) is 0 Å². The van der Waals surface area contributed by atoms with E-state index in [1.807, 2.05) is 0 Å². The lowest BCUT2D eigenvalue weighted by molar-refractivity contribution is 0.161. The lowest BCUT2D eigenvalue weighted by Crippen LogP contribution is -2.38. The normalized spacial score (nSPS) is 13.9. The molecule has 0 bridgehead atoms. The molecule has 0 rings (SSSR count). The molecule has 0 radical (unpaired) electrons. The van der Waals surface area contributed by atoms with Crippen molar-refractivity contribution in [3.05, 3.63) is 0 Å². The molecule has 0 aliphatic rings. The SMILES string of the molecule is CCCN(C)CC(N)COC. The summed E-state index contributed by atoms with van der Waals surface area (Å²) in [5.74, 6) is 0. The van der Waals surface area contributed by atoms with Gasteiger partial charge in [0.1, 0.15) is 0 Å². The van der Waals surface area contributed by atoms with Gasteiger partial charge in [0.05, 0.1) is 6.61 Å². The van der Waals surface area contributed by atoms with E-state index in [1.165, 1.54) is 6.42 Å². The minimum Gasteiger partial charge on any atom is -0.383 e. The summed E-state index contributed by atoms with van der Waals surface area (Å²) in [6.07, 6.45) is 1.18. The van der Waals surface area contributed by atoms with Crippen molar-refractivity contribution in [2.75, 3.05) is 33.9 Å². The van der Waals surface area contributed by atoms with Crippen LogP contribution in [0.4, 0.5) is 0 Å². The first-order valence-electron chi connectivity index (χ1n) is 4.13. The molecule has 0 saturated carbocycles. The monoisotopic (exact) mass is 160 g/mol. The van der Waals surface area contributed by atoms with E-state index in [1.54, 1.807) is 7.11 Å². The Bertz CT molecular complexity index is 78.2. The number of nitrogens with two attached hydrogens (primary N) is 1. The summed E-state index contributed by atoms with van der Waals surface area (Å²) in [4.78, 5) is 2.23. The average Bonchev–Trinajstić information content (AvgIpc) is 1.87. The van der Waals surface area contributed by atoms with Crippen LogP contribution in [0.25, 0.3) is 0 Å². The smallest absolute Gasteiger partial charge is 0.0626 e. The molecular formula is C8H20N2O. The number of rotatable bonds is 6. The Morgan fingerprint density at radius 1 is 1.55 bits per heavy atom. The average molecular weight is 160 g/mol. The summed E-state index contributed by atoms with van der Waals surface area (Å²) in [7, 11) is 3.76. The largest absolute Gasteiger partial charge is 0.383 e. The van der Waals surface area contributed by atoms with E-state index in [-0.39, 0.29) is 6.04 Å². The van der Waals surface area contributed by atoms with Crippen molar-refractivity contribution < 1.29 is 4.74 Å². The molecule has 68 valence electrons. The number of likely N-dealkylation sites (N-methyl/N-ethyl adjacent to an activating group) is 1. The van der Waals surface area contributed by atoms with Crippen LogP contribution in [0.15, 0.2) is 0 Å². The fourth-order valence-corrected chi connectivity index (χ4v) is 1.14. The van der Waals surface area contributed by atoms with E-state index in [0.717, 1.165) is 13.1 Å². The van der Waals surface area contributed by atoms with Crippen LogP contribution >= 0.6 is 0 Å². The molecule has 1 unspecified atom stereocenters. The Kier molecular flexibility index (Phi) is 6.51. The van der Waals surface area contributed by atoms with E-state index in [4.69, 9.17) is 10.5 Å². The van der Waals surface area contributed by atoms with Crippen LogP contribution in [0.2, 0.25) is 0 Å². The molecule has 0 aromatic rings. The predicted molar refractivity (Wildman–Crippen MR) is 47.6 cm³/mol. The van der Waals surface area contributed by atoms with Gasteiger partial charge in [-0.15, -0.1) is 0 Å². The van der Waals surface area contributed by atoms with Crippen LogP contribution in [-0.4, -0.2) is 44.8 Å². The van der Waals surface area contributed by atoms with Crippen molar-refractivity contribution in [3.8, 4) is 0 Å². The van der Waals surface area contributed by atoms with Gasteiger partial charge in [0.25, 0.3) is 0 Å². The molecule has 11 heavy (non-hydrogen) atoms. The van der Waals surface area contributed by atoms with Gasteiger partial charge in [-0.2, -0.15) is 0 Å². The molecule has 3 heteroatoms. The molecule has 0 amide bonds. The molecule has 0 aliphatic carbocycles. The van der Waals surface area contributed by atoms with Crippen molar-refractivity contribution >= 4 is 0 Å². The Labute approximate surface area is 69.5 Å². The van der Waals surface area contributed by atoms with Gasteiger partial charge >= 0.3 is 0 Å². The van der Waals surface area contributed by atoms with Crippen LogP contribution in [0.1, 0.15) is 13.3 Å². The third kappa shape index (κ3) is 6.28. The van der Waals surface area contributed by atoms with Crippen LogP contribution < -0.4 is 5.73 Å². The number of hydrogen-bond acceptors (Lipinski definition) is 3. The van der Waals surface area contributed by atoms with Gasteiger partial charge in [-0.25, -0.2) is 0 Å². The molecule has 0 heterocycles. The molecular weight excluding hydrogens is 140 g/mol. The zero-order valence-corrected chi connectivity index (χ0v) is 7.84. The zero-order chi connectivity index (χ0) is 8.69. The first-order valence-corrected chi connectivity index (χ1v) is 4.13. The van der Waals surface area contributed by atoms with Gasteiger partial charge < -0.3 is 15.4 Å². The number of hydrogen-bond donors (Lipinski definition) is 1. The second kappa shape index (κ2) is 6.58. The molecule has 2 N–H and O–H groups in total. The van der Waals surface area contributed by atoms with E-state index >= 15 is 0 Å². The van der Waals surface area contributed by atoms with E-state index in [9.17, 15) is 0 Å². The molecule has 0 spiro atoms. The Morgan fingerprint density at radius 2 is 2.18 bits per heavy atom. The maximum atomic E-state index is 5.75. The zero-order valence-electron chi connectivity index (χ0n) is 7.84. The van der Waals surface area contributed by atoms with Crippen molar-refractivity contribution in [3.63, 3.8) is 0 Å². The Hall–Kier alpha value is -0.120. The van der Waals surface area contributed by atoms with Crippen molar-refractivity contribution in [2.45, 2.75) is 19.4 Å². The van der Waals surface area contributed by atoms with Gasteiger partial charge in [-0.1, -0.05) is 6.92 Å². The molecule has 3 nitrogen and oxygen atoms in total. The molecule has 0 saturated heterocycles. The maximum Gasteiger partial charge on any atom is 0.0626 e. The summed E-state index contributed by atoms with van der Waals surface area (Å²) in [6, 6.07) is 0.150. The van der Waals surface area contributed by atoms with Crippen LogP contribution in [-0.2, 0) is 4.74 Å². The number of ether oxygens (including phenoxy) is 1. The lowest BCUT2D eigenvalue weighted by Gasteiger charge is -2.19. The van der Waals surface area contributed by atoms with Crippen molar-refractivity contribution in [1.29, 1.82) is 0 Å². The lowest BCUT2D eigenvalue weighted by atomic mass is 10.3. The number of methoxy groups -OCH3 is 1. The summed E-state index contributed by atoms with van der Waals surface area (Å²) in [5.41, 5.74) is 5.75. The predicted octanol–water partition coefficient (Wildman–Crippen LogP) is 0.302. The summed E-state index contributed by atoms with van der Waals surface area (Å²) >= 11 is 0. The quantitative estimate of drug-likeness (QED) is 0.607. The Balaban J connectivity index is 3.32. The molecule has 0 aliphatic heterocycles. The molecule has 1 atom stereocenters. The maximum absolute atomic E-state index is 5.75. The van der Waals surface area contributed by atoms with E-state index in [2.05, 4.69) is 18.9 Å². The minimum atomic E-state index is 0.150. The summed E-state index contributed by atoms with van der Waals surface area (Å²) in [5, 5.41) is 0. The van der Waals surface area contributed by atoms with Crippen LogP contribution in [0.3, 0.4) is 0 Å². The van der Waals surface area contributed by atoms with Crippen LogP contribution in [0.5, 0.6) is 0 Å².